The Labute approximate surface area is 244 Å². The number of hydrogen-bond donors (Lipinski definition) is 0. The van der Waals surface area contributed by atoms with Crippen molar-refractivity contribution in [2.75, 3.05) is 93.5 Å². The summed E-state index contributed by atoms with van der Waals surface area (Å²) < 4.78 is 44.2. The van der Waals surface area contributed by atoms with Crippen LogP contribution in [0.15, 0.2) is 42.5 Å². The number of aryl methyl sites for hydroxylation is 3. The fourth-order valence-corrected chi connectivity index (χ4v) is 4.40. The van der Waals surface area contributed by atoms with Crippen LogP contribution in [0.2, 0.25) is 0 Å². The van der Waals surface area contributed by atoms with E-state index in [1.165, 1.54) is 11.1 Å². The van der Waals surface area contributed by atoms with Gasteiger partial charge >= 0.3 is 0 Å². The molecule has 0 radical (unpaired) electrons. The van der Waals surface area contributed by atoms with Crippen LogP contribution in [0.25, 0.3) is 21.9 Å². The highest BCUT2D eigenvalue weighted by Crippen LogP contribution is 2.37. The van der Waals surface area contributed by atoms with Gasteiger partial charge in [0, 0.05) is 19.6 Å². The summed E-state index contributed by atoms with van der Waals surface area (Å²) in [4.78, 5) is 0. The summed E-state index contributed by atoms with van der Waals surface area (Å²) >= 11 is 0. The van der Waals surface area contributed by atoms with Crippen molar-refractivity contribution < 1.29 is 37.9 Å². The van der Waals surface area contributed by atoms with Crippen molar-refractivity contribution in [3.63, 3.8) is 0 Å². The van der Waals surface area contributed by atoms with Crippen LogP contribution in [0.4, 0.5) is 0 Å². The molecule has 41 heavy (non-hydrogen) atoms. The van der Waals surface area contributed by atoms with E-state index in [2.05, 4.69) is 57.2 Å². The van der Waals surface area contributed by atoms with Gasteiger partial charge in [-0.3, -0.25) is 0 Å². The lowest BCUT2D eigenvalue weighted by atomic mass is 9.93. The van der Waals surface area contributed by atoms with E-state index in [-0.39, 0.29) is 0 Å². The molecular formula is C33H46O8. The lowest BCUT2D eigenvalue weighted by Crippen LogP contribution is -2.12. The maximum atomic E-state index is 6.20. The molecule has 0 saturated heterocycles. The second-order valence-corrected chi connectivity index (χ2v) is 9.78. The zero-order chi connectivity index (χ0) is 29.3. The van der Waals surface area contributed by atoms with Gasteiger partial charge in [-0.05, 0) is 78.2 Å². The van der Waals surface area contributed by atoms with Crippen LogP contribution in [0, 0.1) is 20.8 Å². The summed E-state index contributed by atoms with van der Waals surface area (Å²) in [5.41, 5.74) is 5.70. The van der Waals surface area contributed by atoms with Gasteiger partial charge in [0.15, 0.2) is 0 Å². The number of ether oxygens (including phenoxy) is 8. The minimum absolute atomic E-state index is 0.468. The van der Waals surface area contributed by atoms with E-state index in [0.717, 1.165) is 39.0 Å². The third-order valence-electron chi connectivity index (χ3n) is 6.38. The van der Waals surface area contributed by atoms with Crippen molar-refractivity contribution in [2.24, 2.45) is 0 Å². The zero-order valence-electron chi connectivity index (χ0n) is 25.3. The summed E-state index contributed by atoms with van der Waals surface area (Å²) in [5.74, 6) is 1.72. The number of hydrogen-bond acceptors (Lipinski definition) is 8. The van der Waals surface area contributed by atoms with Crippen molar-refractivity contribution in [3.05, 3.63) is 59.2 Å². The van der Waals surface area contributed by atoms with Crippen molar-refractivity contribution in [3.8, 4) is 22.6 Å². The van der Waals surface area contributed by atoms with E-state index in [1.54, 1.807) is 14.2 Å². The molecule has 8 heteroatoms. The second-order valence-electron chi connectivity index (χ2n) is 9.78. The van der Waals surface area contributed by atoms with Gasteiger partial charge in [0.2, 0.25) is 0 Å². The largest absolute Gasteiger partial charge is 0.491 e. The van der Waals surface area contributed by atoms with Gasteiger partial charge in [0.05, 0.1) is 66.1 Å². The second kappa shape index (κ2) is 18.7. The predicted molar refractivity (Wildman–Crippen MR) is 162 cm³/mol. The Morgan fingerprint density at radius 2 is 0.951 bits per heavy atom. The molecule has 226 valence electrons. The molecule has 3 aromatic rings. The quantitative estimate of drug-likeness (QED) is 0.154. The van der Waals surface area contributed by atoms with Crippen LogP contribution in [-0.4, -0.2) is 93.5 Å². The van der Waals surface area contributed by atoms with Gasteiger partial charge < -0.3 is 37.9 Å². The van der Waals surface area contributed by atoms with E-state index in [4.69, 9.17) is 37.9 Å². The van der Waals surface area contributed by atoms with Crippen molar-refractivity contribution in [1.82, 2.24) is 0 Å². The molecule has 3 rings (SSSR count). The Hall–Kier alpha value is -2.72. The average molecular weight is 571 g/mol. The number of methoxy groups -OCH3 is 2. The molecule has 0 unspecified atom stereocenters. The Balaban J connectivity index is 1.59. The molecule has 0 atom stereocenters. The molecule has 0 spiro atoms. The monoisotopic (exact) mass is 570 g/mol. The molecule has 0 bridgehead atoms. The molecule has 0 aliphatic heterocycles. The van der Waals surface area contributed by atoms with Crippen LogP contribution in [-0.2, 0) is 28.4 Å². The molecule has 0 aliphatic rings. The first-order valence-corrected chi connectivity index (χ1v) is 14.2. The number of benzene rings is 3. The van der Waals surface area contributed by atoms with E-state index in [1.807, 2.05) is 6.07 Å². The first-order chi connectivity index (χ1) is 20.0. The van der Waals surface area contributed by atoms with E-state index in [9.17, 15) is 0 Å². The van der Waals surface area contributed by atoms with Crippen molar-refractivity contribution >= 4 is 10.8 Å². The SMILES string of the molecule is COCCOCCOCCOc1ccc(-c2cc(C)cc3c(OCCOCCOCCOC)cc(C)cc23)cc1C. The molecule has 0 aliphatic carbocycles. The van der Waals surface area contributed by atoms with Crippen LogP contribution in [0.3, 0.4) is 0 Å². The third-order valence-corrected chi connectivity index (χ3v) is 6.38. The fourth-order valence-electron chi connectivity index (χ4n) is 4.40. The van der Waals surface area contributed by atoms with Gasteiger partial charge in [-0.2, -0.15) is 0 Å². The summed E-state index contributed by atoms with van der Waals surface area (Å²) in [6.07, 6.45) is 0. The van der Waals surface area contributed by atoms with Crippen LogP contribution in [0.1, 0.15) is 16.7 Å². The Morgan fingerprint density at radius 1 is 0.463 bits per heavy atom. The fraction of sp³-hybridized carbons (Fsp3) is 0.515. The first-order valence-electron chi connectivity index (χ1n) is 14.2. The number of fused-ring (bicyclic) bond motifs is 1. The Morgan fingerprint density at radius 3 is 1.51 bits per heavy atom. The smallest absolute Gasteiger partial charge is 0.127 e. The highest BCUT2D eigenvalue weighted by atomic mass is 16.6. The van der Waals surface area contributed by atoms with E-state index < -0.39 is 0 Å². The number of rotatable bonds is 21. The van der Waals surface area contributed by atoms with Crippen LogP contribution < -0.4 is 9.47 Å². The van der Waals surface area contributed by atoms with E-state index >= 15 is 0 Å². The standard InChI is InChI=1S/C33H46O8/c1-25-20-29(28-6-7-32(27(3)24-28)40-18-16-38-14-12-36-10-8-34-4)30-21-26(2)23-33(31(30)22-25)41-19-17-39-15-13-37-11-9-35-5/h6-7,20-24H,8-19H2,1-5H3. The maximum Gasteiger partial charge on any atom is 0.127 e. The maximum absolute atomic E-state index is 6.20. The molecule has 0 amide bonds. The molecule has 3 aromatic carbocycles. The molecule has 0 saturated carbocycles. The summed E-state index contributed by atoms with van der Waals surface area (Å²) in [6.45, 7) is 12.7. The third kappa shape index (κ3) is 11.2. The minimum atomic E-state index is 0.468. The Bertz CT molecular complexity index is 1180. The summed E-state index contributed by atoms with van der Waals surface area (Å²) in [5, 5.41) is 2.25. The van der Waals surface area contributed by atoms with Crippen molar-refractivity contribution in [2.45, 2.75) is 20.8 Å². The highest BCUT2D eigenvalue weighted by molar-refractivity contribution is 6.01. The lowest BCUT2D eigenvalue weighted by Gasteiger charge is -2.16. The topological polar surface area (TPSA) is 73.8 Å². The van der Waals surface area contributed by atoms with Gasteiger partial charge in [-0.25, -0.2) is 0 Å². The minimum Gasteiger partial charge on any atom is -0.491 e. The molecule has 0 fully saturated rings. The normalized spacial score (nSPS) is 11.3. The van der Waals surface area contributed by atoms with Gasteiger partial charge in [0.25, 0.3) is 0 Å². The van der Waals surface area contributed by atoms with Crippen LogP contribution >= 0.6 is 0 Å². The lowest BCUT2D eigenvalue weighted by molar-refractivity contribution is 0.0179. The molecule has 8 nitrogen and oxygen atoms in total. The predicted octanol–water partition coefficient (Wildman–Crippen LogP) is 5.55. The van der Waals surface area contributed by atoms with E-state index in [0.29, 0.717) is 79.3 Å². The molecule has 0 N–H and O–H groups in total. The van der Waals surface area contributed by atoms with Gasteiger partial charge in [-0.15, -0.1) is 0 Å². The molecule has 0 heterocycles. The first kappa shape index (κ1) is 32.8. The summed E-state index contributed by atoms with van der Waals surface area (Å²) in [6, 6.07) is 15.1. The Kier molecular flexibility index (Phi) is 14.9. The van der Waals surface area contributed by atoms with Gasteiger partial charge in [0.1, 0.15) is 24.7 Å². The van der Waals surface area contributed by atoms with Gasteiger partial charge in [-0.1, -0.05) is 18.2 Å². The summed E-state index contributed by atoms with van der Waals surface area (Å²) in [7, 11) is 3.32. The highest BCUT2D eigenvalue weighted by Gasteiger charge is 2.12. The zero-order valence-corrected chi connectivity index (χ0v) is 25.3. The molecular weight excluding hydrogens is 524 g/mol. The molecule has 0 aromatic heterocycles. The van der Waals surface area contributed by atoms with Crippen molar-refractivity contribution in [1.29, 1.82) is 0 Å². The average Bonchev–Trinajstić information content (AvgIpc) is 2.96. The van der Waals surface area contributed by atoms with Crippen LogP contribution in [0.5, 0.6) is 11.5 Å².